The van der Waals surface area contributed by atoms with E-state index in [0.717, 1.165) is 29.5 Å². The van der Waals surface area contributed by atoms with Crippen molar-refractivity contribution < 1.29 is 18.0 Å². The minimum absolute atomic E-state index is 0.0422. The molecule has 2 aromatic rings. The largest absolute Gasteiger partial charge is 0.431 e. The number of thiophene rings is 1. The van der Waals surface area contributed by atoms with Crippen molar-refractivity contribution in [2.75, 3.05) is 13.1 Å². The molecule has 6 nitrogen and oxygen atoms in total. The maximum absolute atomic E-state index is 12.6. The van der Waals surface area contributed by atoms with Gasteiger partial charge in [0.1, 0.15) is 16.6 Å². The molecule has 188 valence electrons. The second kappa shape index (κ2) is 15.5. The molecule has 0 aliphatic rings. The number of nitrogens with two attached hydrogens (primary N) is 2. The molecule has 0 spiro atoms. The van der Waals surface area contributed by atoms with Gasteiger partial charge in [-0.25, -0.2) is 0 Å². The standard InChI is InChI=1S/C13H17N3OS.C12H13F3N2/c1-10(15)3-2-4-13-11(5-6-16-9-17)7-12(8-14)18-13;1-2-17-8-10(11(16)12(13,14)15)9-6-4-3-5-7-9/h2-3,7,9-10H,4-6,15H2,1H3,(H,16,17);3-8H,2,16H2,1H3/b3-2+;11-10+,17-8?/t10-;/m0./s1. The topological polar surface area (TPSA) is 117 Å². The molecular formula is C25H30F3N5OS. The molecule has 10 heteroatoms. The van der Waals surface area contributed by atoms with Crippen LogP contribution >= 0.6 is 11.3 Å². The molecule has 1 heterocycles. The number of carbonyl (C=O) groups excluding carboxylic acids is 1. The lowest BCUT2D eigenvalue weighted by molar-refractivity contribution is -0.109. The normalized spacial score (nSPS) is 13.1. The quantitative estimate of drug-likeness (QED) is 0.192. The second-order valence-corrected chi connectivity index (χ2v) is 8.44. The van der Waals surface area contributed by atoms with Gasteiger partial charge in [-0.05, 0) is 37.5 Å². The van der Waals surface area contributed by atoms with Crippen LogP contribution in [0, 0.1) is 11.3 Å². The zero-order chi connectivity index (χ0) is 26.3. The Hall–Kier alpha value is -3.42. The number of nitriles is 1. The summed E-state index contributed by atoms with van der Waals surface area (Å²) in [7, 11) is 0. The lowest BCUT2D eigenvalue weighted by atomic mass is 10.0. The minimum Gasteiger partial charge on any atom is -0.394 e. The van der Waals surface area contributed by atoms with E-state index in [1.165, 1.54) is 11.3 Å². The summed E-state index contributed by atoms with van der Waals surface area (Å²) in [5.74, 6) is 0. The summed E-state index contributed by atoms with van der Waals surface area (Å²) in [6, 6.07) is 12.3. The number of hydrogen-bond donors (Lipinski definition) is 3. The van der Waals surface area contributed by atoms with Gasteiger partial charge in [0.15, 0.2) is 0 Å². The summed E-state index contributed by atoms with van der Waals surface area (Å²) in [6.07, 6.45) is 2.80. The number of rotatable bonds is 10. The molecule has 5 N–H and O–H groups in total. The third-order valence-corrected chi connectivity index (χ3v) is 5.56. The molecule has 0 saturated heterocycles. The highest BCUT2D eigenvalue weighted by Crippen LogP contribution is 2.28. The first-order chi connectivity index (χ1) is 16.6. The van der Waals surface area contributed by atoms with Gasteiger partial charge in [-0.3, -0.25) is 9.79 Å². The van der Waals surface area contributed by atoms with Crippen molar-refractivity contribution in [2.24, 2.45) is 16.5 Å². The first kappa shape index (κ1) is 29.6. The smallest absolute Gasteiger partial charge is 0.394 e. The fourth-order valence-corrected chi connectivity index (χ4v) is 3.80. The number of nitrogens with zero attached hydrogens (tertiary/aromatic N) is 2. The zero-order valence-corrected chi connectivity index (χ0v) is 20.5. The van der Waals surface area contributed by atoms with Crippen molar-refractivity contribution in [3.05, 3.63) is 75.1 Å². The fraction of sp³-hybridized carbons (Fsp3) is 0.320. The van der Waals surface area contributed by atoms with Crippen LogP contribution in [0.15, 0.2) is 59.2 Å². The number of allylic oxidation sites excluding steroid dienone is 3. The van der Waals surface area contributed by atoms with Gasteiger partial charge in [0.05, 0.1) is 0 Å². The van der Waals surface area contributed by atoms with Crippen molar-refractivity contribution in [1.29, 1.82) is 5.26 Å². The molecule has 1 aromatic carbocycles. The Morgan fingerprint density at radius 1 is 1.31 bits per heavy atom. The van der Waals surface area contributed by atoms with Crippen LogP contribution in [0.4, 0.5) is 13.2 Å². The Labute approximate surface area is 207 Å². The summed E-state index contributed by atoms with van der Waals surface area (Å²) < 4.78 is 37.7. The van der Waals surface area contributed by atoms with Crippen molar-refractivity contribution in [3.8, 4) is 6.07 Å². The highest BCUT2D eigenvalue weighted by atomic mass is 32.1. The van der Waals surface area contributed by atoms with E-state index in [0.29, 0.717) is 29.9 Å². The van der Waals surface area contributed by atoms with Gasteiger partial charge in [0.25, 0.3) is 0 Å². The zero-order valence-electron chi connectivity index (χ0n) is 19.7. The Morgan fingerprint density at radius 2 is 2.00 bits per heavy atom. The lowest BCUT2D eigenvalue weighted by Gasteiger charge is -2.11. The van der Waals surface area contributed by atoms with E-state index in [9.17, 15) is 18.0 Å². The first-order valence-corrected chi connectivity index (χ1v) is 11.7. The molecule has 0 aliphatic heterocycles. The number of halogens is 3. The van der Waals surface area contributed by atoms with Crippen molar-refractivity contribution in [3.63, 3.8) is 0 Å². The monoisotopic (exact) mass is 505 g/mol. The van der Waals surface area contributed by atoms with Crippen LogP contribution in [-0.2, 0) is 17.6 Å². The van der Waals surface area contributed by atoms with E-state index in [1.54, 1.807) is 37.3 Å². The summed E-state index contributed by atoms with van der Waals surface area (Å²) in [5, 5.41) is 11.5. The van der Waals surface area contributed by atoms with Gasteiger partial charge in [-0.1, -0.05) is 42.5 Å². The van der Waals surface area contributed by atoms with Gasteiger partial charge in [-0.15, -0.1) is 11.3 Å². The number of alkyl halides is 3. The molecule has 1 aromatic heterocycles. The summed E-state index contributed by atoms with van der Waals surface area (Å²) in [4.78, 5) is 15.9. The SMILES string of the molecule is CCN=C/C(=C(\N)C(F)(F)F)c1ccccc1.C[C@H](N)/C=C/Cc1sc(C#N)cc1CCNC=O. The molecule has 0 unspecified atom stereocenters. The molecule has 1 atom stereocenters. The van der Waals surface area contributed by atoms with Crippen molar-refractivity contribution in [2.45, 2.75) is 38.9 Å². The Kier molecular flexibility index (Phi) is 13.1. The number of amides is 1. The van der Waals surface area contributed by atoms with Gasteiger partial charge in [0, 0.05) is 42.2 Å². The predicted octanol–water partition coefficient (Wildman–Crippen LogP) is 4.36. The minimum atomic E-state index is -4.55. The van der Waals surface area contributed by atoms with Crippen molar-refractivity contribution in [1.82, 2.24) is 5.32 Å². The summed E-state index contributed by atoms with van der Waals surface area (Å²) >= 11 is 1.50. The van der Waals surface area contributed by atoms with E-state index >= 15 is 0 Å². The third-order valence-electron chi connectivity index (χ3n) is 4.46. The summed E-state index contributed by atoms with van der Waals surface area (Å²) in [5.41, 5.74) is 11.1. The molecule has 0 aliphatic carbocycles. The van der Waals surface area contributed by atoms with Crippen LogP contribution in [0.3, 0.4) is 0 Å². The van der Waals surface area contributed by atoms with E-state index in [-0.39, 0.29) is 11.6 Å². The molecule has 2 rings (SSSR count). The first-order valence-electron chi connectivity index (χ1n) is 10.9. The predicted molar refractivity (Wildman–Crippen MR) is 136 cm³/mol. The maximum Gasteiger partial charge on any atom is 0.431 e. The fourth-order valence-electron chi connectivity index (χ4n) is 2.81. The number of carbonyl (C=O) groups is 1. The molecule has 1 amide bonds. The van der Waals surface area contributed by atoms with Crippen LogP contribution in [0.25, 0.3) is 5.57 Å². The van der Waals surface area contributed by atoms with Crippen LogP contribution in [-0.4, -0.2) is 37.9 Å². The Balaban J connectivity index is 0.000000351. The van der Waals surface area contributed by atoms with Crippen LogP contribution < -0.4 is 16.8 Å². The van der Waals surface area contributed by atoms with Gasteiger partial charge < -0.3 is 16.8 Å². The lowest BCUT2D eigenvalue weighted by Crippen LogP contribution is -2.21. The second-order valence-electron chi connectivity index (χ2n) is 7.30. The van der Waals surface area contributed by atoms with Crippen LogP contribution in [0.2, 0.25) is 0 Å². The third kappa shape index (κ3) is 11.0. The molecule has 0 saturated carbocycles. The van der Waals surface area contributed by atoms with Gasteiger partial charge in [0.2, 0.25) is 6.41 Å². The average molecular weight is 506 g/mol. The Morgan fingerprint density at radius 3 is 2.54 bits per heavy atom. The molecule has 0 radical (unpaired) electrons. The molecular weight excluding hydrogens is 475 g/mol. The average Bonchev–Trinajstić information content (AvgIpc) is 3.22. The van der Waals surface area contributed by atoms with E-state index in [2.05, 4.69) is 16.4 Å². The number of nitrogens with one attached hydrogen (secondary N) is 1. The number of hydrogen-bond acceptors (Lipinski definition) is 6. The van der Waals surface area contributed by atoms with E-state index in [1.807, 2.05) is 25.1 Å². The van der Waals surface area contributed by atoms with Gasteiger partial charge >= 0.3 is 6.18 Å². The number of aliphatic imine (C=N–C) groups is 1. The maximum atomic E-state index is 12.6. The molecule has 0 fully saturated rings. The van der Waals surface area contributed by atoms with Crippen LogP contribution in [0.5, 0.6) is 0 Å². The van der Waals surface area contributed by atoms with E-state index < -0.39 is 11.9 Å². The summed E-state index contributed by atoms with van der Waals surface area (Å²) in [6.45, 7) is 4.65. The van der Waals surface area contributed by atoms with Crippen molar-refractivity contribution >= 4 is 29.5 Å². The highest BCUT2D eigenvalue weighted by Gasteiger charge is 2.34. The molecule has 35 heavy (non-hydrogen) atoms. The van der Waals surface area contributed by atoms with Crippen LogP contribution in [0.1, 0.15) is 34.7 Å². The van der Waals surface area contributed by atoms with E-state index in [4.69, 9.17) is 16.7 Å². The highest BCUT2D eigenvalue weighted by molar-refractivity contribution is 7.12. The molecule has 0 bridgehead atoms. The number of benzene rings is 1. The Bertz CT molecular complexity index is 1050. The van der Waals surface area contributed by atoms with Gasteiger partial charge in [-0.2, -0.15) is 18.4 Å².